The summed E-state index contributed by atoms with van der Waals surface area (Å²) in [6, 6.07) is 15.2. The van der Waals surface area contributed by atoms with Crippen molar-refractivity contribution in [1.82, 2.24) is 8.87 Å². The van der Waals surface area contributed by atoms with Crippen molar-refractivity contribution >= 4 is 26.7 Å². The van der Waals surface area contributed by atoms with Gasteiger partial charge in [0.05, 0.1) is 10.4 Å². The van der Waals surface area contributed by atoms with E-state index >= 15 is 0 Å². The molecule has 3 rings (SSSR count). The van der Waals surface area contributed by atoms with Crippen LogP contribution in [0.3, 0.4) is 0 Å². The Morgan fingerprint density at radius 3 is 2.24 bits per heavy atom. The number of Topliss-reactive ketones (excluding diaryl/α,β-unsaturated/α-hetero) is 1. The number of aryl methyl sites for hydroxylation is 2. The van der Waals surface area contributed by atoms with E-state index in [2.05, 4.69) is 0 Å². The zero-order chi connectivity index (χ0) is 21.3. The highest BCUT2D eigenvalue weighted by Crippen LogP contribution is 2.28. The van der Waals surface area contributed by atoms with Gasteiger partial charge in [0.1, 0.15) is 17.3 Å². The van der Waals surface area contributed by atoms with Crippen LogP contribution in [0.2, 0.25) is 0 Å². The molecule has 0 aliphatic carbocycles. The lowest BCUT2D eigenvalue weighted by Gasteiger charge is -2.12. The van der Waals surface area contributed by atoms with Crippen LogP contribution in [0.4, 0.5) is 0 Å². The van der Waals surface area contributed by atoms with E-state index in [4.69, 9.17) is 0 Å². The Bertz CT molecular complexity index is 1280. The predicted molar refractivity (Wildman–Crippen MR) is 112 cm³/mol. The number of aromatic nitrogens is 1. The number of hydrogen-bond acceptors (Lipinski definition) is 5. The summed E-state index contributed by atoms with van der Waals surface area (Å²) in [5, 5.41) is 10.1. The van der Waals surface area contributed by atoms with Gasteiger partial charge in [-0.2, -0.15) is 5.26 Å². The van der Waals surface area contributed by atoms with E-state index in [-0.39, 0.29) is 16.2 Å². The van der Waals surface area contributed by atoms with Crippen molar-refractivity contribution in [2.75, 3.05) is 14.1 Å². The molecule has 0 aliphatic rings. The SMILES string of the molecule is Cc1ccc(S(=O)(=O)n2c(C(=O)/C(C#N)=C/N(C)C)cc3ccc(C)cc32)cc1. The van der Waals surface area contributed by atoms with E-state index in [1.54, 1.807) is 43.3 Å². The summed E-state index contributed by atoms with van der Waals surface area (Å²) in [7, 11) is -0.682. The van der Waals surface area contributed by atoms with Gasteiger partial charge in [-0.3, -0.25) is 4.79 Å². The number of benzene rings is 2. The second kappa shape index (κ2) is 7.57. The lowest BCUT2D eigenvalue weighted by atomic mass is 10.1. The molecule has 0 N–H and O–H groups in total. The quantitative estimate of drug-likeness (QED) is 0.366. The third-order valence-corrected chi connectivity index (χ3v) is 6.20. The molecule has 0 aliphatic heterocycles. The maximum atomic E-state index is 13.5. The molecule has 0 saturated heterocycles. The molecule has 29 heavy (non-hydrogen) atoms. The number of nitrogens with zero attached hydrogens (tertiary/aromatic N) is 3. The second-order valence-electron chi connectivity index (χ2n) is 7.12. The summed E-state index contributed by atoms with van der Waals surface area (Å²) in [6.45, 7) is 3.72. The van der Waals surface area contributed by atoms with E-state index in [0.717, 1.165) is 15.1 Å². The predicted octanol–water partition coefficient (Wildman–Crippen LogP) is 3.65. The van der Waals surface area contributed by atoms with Gasteiger partial charge in [0.15, 0.2) is 0 Å². The fraction of sp³-hybridized carbons (Fsp3) is 0.182. The summed E-state index contributed by atoms with van der Waals surface area (Å²) >= 11 is 0. The summed E-state index contributed by atoms with van der Waals surface area (Å²) in [5.74, 6) is -0.647. The molecule has 0 spiro atoms. The normalized spacial score (nSPS) is 12.0. The highest BCUT2D eigenvalue weighted by molar-refractivity contribution is 7.90. The highest BCUT2D eigenvalue weighted by atomic mass is 32.2. The van der Waals surface area contributed by atoms with Crippen LogP contribution in [0.1, 0.15) is 21.6 Å². The Balaban J connectivity index is 2.34. The minimum atomic E-state index is -4.06. The first kappa shape index (κ1) is 20.4. The van der Waals surface area contributed by atoms with Crippen LogP contribution < -0.4 is 0 Å². The summed E-state index contributed by atoms with van der Waals surface area (Å²) in [5.41, 5.74) is 1.97. The zero-order valence-corrected chi connectivity index (χ0v) is 17.5. The van der Waals surface area contributed by atoms with Gasteiger partial charge in [0.25, 0.3) is 10.0 Å². The van der Waals surface area contributed by atoms with Crippen molar-refractivity contribution in [3.05, 3.63) is 77.1 Å². The van der Waals surface area contributed by atoms with Crippen LogP contribution in [-0.4, -0.2) is 37.2 Å². The van der Waals surface area contributed by atoms with Gasteiger partial charge in [-0.1, -0.05) is 29.8 Å². The molecule has 0 atom stereocenters. The average Bonchev–Trinajstić information content (AvgIpc) is 3.05. The number of nitriles is 1. The molecule has 7 heteroatoms. The number of carbonyl (C=O) groups excluding carboxylic acids is 1. The van der Waals surface area contributed by atoms with Gasteiger partial charge in [-0.15, -0.1) is 0 Å². The van der Waals surface area contributed by atoms with Crippen LogP contribution in [0.15, 0.2) is 65.2 Å². The molecule has 2 aromatic carbocycles. The molecule has 0 fully saturated rings. The summed E-state index contributed by atoms with van der Waals surface area (Å²) < 4.78 is 28.0. The standard InChI is InChI=1S/C22H21N3O3S/c1-15-6-9-19(10-7-15)29(27,28)25-20-11-16(2)5-8-17(20)12-21(25)22(26)18(13-23)14-24(3)4/h5-12,14H,1-4H3/b18-14+. The van der Waals surface area contributed by atoms with Crippen LogP contribution >= 0.6 is 0 Å². The van der Waals surface area contributed by atoms with E-state index in [9.17, 15) is 18.5 Å². The highest BCUT2D eigenvalue weighted by Gasteiger charge is 2.28. The van der Waals surface area contributed by atoms with Crippen LogP contribution in [0.25, 0.3) is 10.9 Å². The number of allylic oxidation sites excluding steroid dienone is 1. The number of ketones is 1. The topological polar surface area (TPSA) is 83.2 Å². The Kier molecular flexibility index (Phi) is 5.31. The van der Waals surface area contributed by atoms with Crippen LogP contribution in [-0.2, 0) is 10.0 Å². The molecule has 3 aromatic rings. The third-order valence-electron chi connectivity index (χ3n) is 4.46. The van der Waals surface area contributed by atoms with Crippen molar-refractivity contribution in [2.45, 2.75) is 18.7 Å². The summed E-state index contributed by atoms with van der Waals surface area (Å²) in [4.78, 5) is 14.8. The molecule has 1 heterocycles. The molecule has 0 bridgehead atoms. The molecular formula is C22H21N3O3S. The van der Waals surface area contributed by atoms with Gasteiger partial charge < -0.3 is 4.90 Å². The van der Waals surface area contributed by atoms with Gasteiger partial charge in [-0.05, 0) is 43.7 Å². The first-order valence-corrected chi connectivity index (χ1v) is 10.4. The number of hydrogen-bond donors (Lipinski definition) is 0. The molecule has 148 valence electrons. The lowest BCUT2D eigenvalue weighted by molar-refractivity contribution is 0.103. The van der Waals surface area contributed by atoms with Crippen molar-refractivity contribution in [3.63, 3.8) is 0 Å². The number of fused-ring (bicyclic) bond motifs is 1. The second-order valence-corrected chi connectivity index (χ2v) is 8.91. The van der Waals surface area contributed by atoms with Crippen molar-refractivity contribution in [1.29, 1.82) is 5.26 Å². The first-order valence-electron chi connectivity index (χ1n) is 8.92. The van der Waals surface area contributed by atoms with Crippen molar-refractivity contribution in [2.24, 2.45) is 0 Å². The smallest absolute Gasteiger partial charge is 0.268 e. The first-order chi connectivity index (χ1) is 13.6. The van der Waals surface area contributed by atoms with Gasteiger partial charge in [-0.25, -0.2) is 12.4 Å². The molecule has 1 aromatic heterocycles. The molecule has 0 saturated carbocycles. The molecular weight excluding hydrogens is 386 g/mol. The number of carbonyl (C=O) groups is 1. The Morgan fingerprint density at radius 1 is 1.03 bits per heavy atom. The van der Waals surface area contributed by atoms with Crippen LogP contribution in [0.5, 0.6) is 0 Å². The minimum Gasteiger partial charge on any atom is -0.382 e. The fourth-order valence-corrected chi connectivity index (χ4v) is 4.56. The molecule has 0 radical (unpaired) electrons. The van der Waals surface area contributed by atoms with E-state index < -0.39 is 15.8 Å². The fourth-order valence-electron chi connectivity index (χ4n) is 3.05. The Morgan fingerprint density at radius 2 is 1.66 bits per heavy atom. The molecule has 0 unspecified atom stereocenters. The molecule has 6 nitrogen and oxygen atoms in total. The molecule has 0 amide bonds. The van der Waals surface area contributed by atoms with Crippen LogP contribution in [0, 0.1) is 25.2 Å². The average molecular weight is 407 g/mol. The van der Waals surface area contributed by atoms with Crippen molar-refractivity contribution < 1.29 is 13.2 Å². The van der Waals surface area contributed by atoms with E-state index in [1.165, 1.54) is 24.4 Å². The Labute approximate surface area is 170 Å². The minimum absolute atomic E-state index is 0.0687. The van der Waals surface area contributed by atoms with Gasteiger partial charge in [0.2, 0.25) is 5.78 Å². The van der Waals surface area contributed by atoms with Crippen molar-refractivity contribution in [3.8, 4) is 6.07 Å². The van der Waals surface area contributed by atoms with Gasteiger partial charge in [0, 0.05) is 25.7 Å². The zero-order valence-electron chi connectivity index (χ0n) is 16.7. The summed E-state index contributed by atoms with van der Waals surface area (Å²) in [6.07, 6.45) is 1.38. The van der Waals surface area contributed by atoms with E-state index in [1.807, 2.05) is 26.0 Å². The third kappa shape index (κ3) is 3.80. The largest absolute Gasteiger partial charge is 0.382 e. The lowest BCUT2D eigenvalue weighted by Crippen LogP contribution is -2.20. The maximum absolute atomic E-state index is 13.5. The van der Waals surface area contributed by atoms with Gasteiger partial charge >= 0.3 is 0 Å². The van der Waals surface area contributed by atoms with E-state index in [0.29, 0.717) is 10.9 Å². The monoisotopic (exact) mass is 407 g/mol. The number of rotatable bonds is 5. The Hall–Kier alpha value is -3.37. The maximum Gasteiger partial charge on any atom is 0.268 e.